The van der Waals surface area contributed by atoms with Crippen LogP contribution in [-0.2, 0) is 16.1 Å². The first-order valence-electron chi connectivity index (χ1n) is 6.72. The van der Waals surface area contributed by atoms with Gasteiger partial charge in [0.1, 0.15) is 0 Å². The van der Waals surface area contributed by atoms with Crippen molar-refractivity contribution in [3.63, 3.8) is 0 Å². The van der Waals surface area contributed by atoms with Crippen LogP contribution in [-0.4, -0.2) is 30.3 Å². The first kappa shape index (κ1) is 15.5. The molecule has 1 aromatic heterocycles. The van der Waals surface area contributed by atoms with Crippen LogP contribution in [0.1, 0.15) is 25.3 Å². The van der Waals surface area contributed by atoms with E-state index in [2.05, 4.69) is 28.2 Å². The summed E-state index contributed by atoms with van der Waals surface area (Å²) in [6.45, 7) is 3.11. The molecular formula is C14H19BrN2O2S. The Labute approximate surface area is 131 Å². The van der Waals surface area contributed by atoms with Gasteiger partial charge in [-0.05, 0) is 45.3 Å². The number of thiophene rings is 1. The first-order valence-corrected chi connectivity index (χ1v) is 8.39. The van der Waals surface area contributed by atoms with Crippen molar-refractivity contribution in [3.05, 3.63) is 20.8 Å². The third kappa shape index (κ3) is 4.31. The van der Waals surface area contributed by atoms with Crippen molar-refractivity contribution in [3.8, 4) is 0 Å². The Hall–Kier alpha value is -0.880. The van der Waals surface area contributed by atoms with Gasteiger partial charge in [-0.15, -0.1) is 11.3 Å². The molecule has 4 nitrogen and oxygen atoms in total. The molecule has 1 heterocycles. The van der Waals surface area contributed by atoms with Gasteiger partial charge in [0, 0.05) is 32.5 Å². The van der Waals surface area contributed by atoms with Crippen LogP contribution in [0.25, 0.3) is 0 Å². The molecule has 2 atom stereocenters. The van der Waals surface area contributed by atoms with Gasteiger partial charge in [-0.1, -0.05) is 6.92 Å². The summed E-state index contributed by atoms with van der Waals surface area (Å²) in [6, 6.07) is 2.02. The number of hydrogen-bond acceptors (Lipinski definition) is 3. The molecule has 0 spiro atoms. The fourth-order valence-corrected chi connectivity index (χ4v) is 3.29. The largest absolute Gasteiger partial charge is 0.355 e. The Bertz CT molecular complexity index is 503. The summed E-state index contributed by atoms with van der Waals surface area (Å²) in [6.07, 6.45) is 1.33. The number of rotatable bonds is 6. The van der Waals surface area contributed by atoms with Crippen LogP contribution in [0.5, 0.6) is 0 Å². The topological polar surface area (TPSA) is 49.4 Å². The van der Waals surface area contributed by atoms with Crippen LogP contribution in [0.15, 0.2) is 15.2 Å². The zero-order chi connectivity index (χ0) is 14.7. The molecule has 1 aliphatic rings. The molecule has 1 N–H and O–H groups in total. The van der Waals surface area contributed by atoms with Crippen molar-refractivity contribution in [1.82, 2.24) is 10.2 Å². The van der Waals surface area contributed by atoms with E-state index >= 15 is 0 Å². The molecule has 2 rings (SSSR count). The van der Waals surface area contributed by atoms with Crippen LogP contribution in [0.3, 0.4) is 0 Å². The van der Waals surface area contributed by atoms with Gasteiger partial charge in [-0.25, -0.2) is 0 Å². The highest BCUT2D eigenvalue weighted by molar-refractivity contribution is 9.11. The quantitative estimate of drug-likeness (QED) is 0.849. The van der Waals surface area contributed by atoms with Gasteiger partial charge < -0.3 is 10.2 Å². The number of halogens is 1. The van der Waals surface area contributed by atoms with Crippen LogP contribution < -0.4 is 5.32 Å². The zero-order valence-electron chi connectivity index (χ0n) is 11.7. The molecule has 20 heavy (non-hydrogen) atoms. The van der Waals surface area contributed by atoms with Crippen LogP contribution >= 0.6 is 27.3 Å². The maximum Gasteiger partial charge on any atom is 0.224 e. The molecule has 0 unspecified atom stereocenters. The summed E-state index contributed by atoms with van der Waals surface area (Å²) in [5, 5.41) is 4.87. The summed E-state index contributed by atoms with van der Waals surface area (Å²) >= 11 is 5.02. The molecule has 1 aromatic rings. The standard InChI is InChI=1S/C14H19BrN2O2S/c1-9-5-11(9)14(19)16-4-3-13(18)17(2)7-10-6-12(15)20-8-10/h6,8-9,11H,3-5,7H2,1-2H3,(H,16,19)/t9-,11+/m0/s1. The Morgan fingerprint density at radius 1 is 1.55 bits per heavy atom. The Morgan fingerprint density at radius 2 is 2.25 bits per heavy atom. The minimum atomic E-state index is 0.0523. The minimum Gasteiger partial charge on any atom is -0.355 e. The van der Waals surface area contributed by atoms with Crippen molar-refractivity contribution in [2.24, 2.45) is 11.8 Å². The molecule has 0 bridgehead atoms. The Kier molecular flexibility index (Phi) is 5.21. The lowest BCUT2D eigenvalue weighted by Gasteiger charge is -2.16. The van der Waals surface area contributed by atoms with Gasteiger partial charge in [-0.3, -0.25) is 9.59 Å². The molecule has 1 fully saturated rings. The molecule has 0 radical (unpaired) electrons. The molecule has 110 valence electrons. The van der Waals surface area contributed by atoms with E-state index in [1.807, 2.05) is 11.4 Å². The first-order chi connectivity index (χ1) is 9.47. The molecule has 0 aromatic carbocycles. The molecule has 0 aliphatic heterocycles. The maximum absolute atomic E-state index is 12.0. The van der Waals surface area contributed by atoms with Gasteiger partial charge in [0.05, 0.1) is 3.79 Å². The average molecular weight is 359 g/mol. The number of nitrogens with one attached hydrogen (secondary N) is 1. The van der Waals surface area contributed by atoms with Gasteiger partial charge in [-0.2, -0.15) is 0 Å². The molecule has 2 amide bonds. The number of carbonyl (C=O) groups is 2. The summed E-state index contributed by atoms with van der Waals surface area (Å²) in [5.41, 5.74) is 1.12. The lowest BCUT2D eigenvalue weighted by Crippen LogP contribution is -2.32. The third-order valence-electron chi connectivity index (χ3n) is 3.55. The van der Waals surface area contributed by atoms with Crippen molar-refractivity contribution in [1.29, 1.82) is 0 Å². The summed E-state index contributed by atoms with van der Waals surface area (Å²) < 4.78 is 1.07. The second kappa shape index (κ2) is 6.72. The van der Waals surface area contributed by atoms with E-state index in [1.165, 1.54) is 0 Å². The number of amides is 2. The maximum atomic E-state index is 12.0. The second-order valence-corrected chi connectivity index (χ2v) is 7.66. The molecule has 1 aliphatic carbocycles. The fourth-order valence-electron chi connectivity index (χ4n) is 2.09. The zero-order valence-corrected chi connectivity index (χ0v) is 14.1. The average Bonchev–Trinajstić information content (AvgIpc) is 2.99. The van der Waals surface area contributed by atoms with Crippen molar-refractivity contribution in [2.75, 3.05) is 13.6 Å². The normalized spacial score (nSPS) is 20.6. The van der Waals surface area contributed by atoms with Gasteiger partial charge in [0.15, 0.2) is 0 Å². The lowest BCUT2D eigenvalue weighted by molar-refractivity contribution is -0.130. The van der Waals surface area contributed by atoms with Crippen molar-refractivity contribution in [2.45, 2.75) is 26.3 Å². The molecule has 6 heteroatoms. The Balaban J connectivity index is 1.67. The lowest BCUT2D eigenvalue weighted by atomic mass is 10.3. The van der Waals surface area contributed by atoms with E-state index in [4.69, 9.17) is 0 Å². The predicted octanol–water partition coefficient (Wildman–Crippen LogP) is 2.63. The highest BCUT2D eigenvalue weighted by Gasteiger charge is 2.38. The number of nitrogens with zero attached hydrogens (tertiary/aromatic N) is 1. The van der Waals surface area contributed by atoms with Gasteiger partial charge in [0.2, 0.25) is 11.8 Å². The van der Waals surface area contributed by atoms with E-state index in [-0.39, 0.29) is 17.7 Å². The summed E-state index contributed by atoms with van der Waals surface area (Å²) in [5.74, 6) is 0.822. The Morgan fingerprint density at radius 3 is 2.80 bits per heavy atom. The van der Waals surface area contributed by atoms with Crippen LogP contribution in [0.2, 0.25) is 0 Å². The predicted molar refractivity (Wildman–Crippen MR) is 83.4 cm³/mol. The van der Waals surface area contributed by atoms with E-state index < -0.39 is 0 Å². The van der Waals surface area contributed by atoms with E-state index in [0.717, 1.165) is 15.8 Å². The van der Waals surface area contributed by atoms with E-state index in [9.17, 15) is 9.59 Å². The smallest absolute Gasteiger partial charge is 0.224 e. The molecular weight excluding hydrogens is 340 g/mol. The SMILES string of the molecule is C[C@H]1C[C@H]1C(=O)NCCC(=O)N(C)Cc1csc(Br)c1. The van der Waals surface area contributed by atoms with E-state index in [1.54, 1.807) is 23.3 Å². The van der Waals surface area contributed by atoms with Crippen LogP contribution in [0, 0.1) is 11.8 Å². The third-order valence-corrected chi connectivity index (χ3v) is 5.10. The monoisotopic (exact) mass is 358 g/mol. The molecule has 0 saturated heterocycles. The van der Waals surface area contributed by atoms with Crippen molar-refractivity contribution < 1.29 is 9.59 Å². The number of hydrogen-bond donors (Lipinski definition) is 1. The van der Waals surface area contributed by atoms with Gasteiger partial charge >= 0.3 is 0 Å². The fraction of sp³-hybridized carbons (Fsp3) is 0.571. The van der Waals surface area contributed by atoms with E-state index in [0.29, 0.717) is 25.4 Å². The molecule has 1 saturated carbocycles. The summed E-state index contributed by atoms with van der Waals surface area (Å²) in [7, 11) is 1.79. The number of carbonyl (C=O) groups excluding carboxylic acids is 2. The highest BCUT2D eigenvalue weighted by atomic mass is 79.9. The highest BCUT2D eigenvalue weighted by Crippen LogP contribution is 2.37. The second-order valence-electron chi connectivity index (χ2n) is 5.37. The van der Waals surface area contributed by atoms with Gasteiger partial charge in [0.25, 0.3) is 0 Å². The minimum absolute atomic E-state index is 0.0523. The summed E-state index contributed by atoms with van der Waals surface area (Å²) in [4.78, 5) is 25.3. The van der Waals surface area contributed by atoms with Crippen molar-refractivity contribution >= 4 is 39.1 Å². The van der Waals surface area contributed by atoms with Crippen LogP contribution in [0.4, 0.5) is 0 Å².